The van der Waals surface area contributed by atoms with Crippen LogP contribution in [-0.4, -0.2) is 29.9 Å². The quantitative estimate of drug-likeness (QED) is 0.904. The molecule has 1 aromatic rings. The molecule has 1 fully saturated rings. The minimum absolute atomic E-state index is 0.00102. The van der Waals surface area contributed by atoms with Crippen LogP contribution >= 0.6 is 11.6 Å². The second-order valence-corrected chi connectivity index (χ2v) is 6.06. The lowest BCUT2D eigenvalue weighted by Gasteiger charge is -2.36. The van der Waals surface area contributed by atoms with Gasteiger partial charge in [-0.3, -0.25) is 9.69 Å². The van der Waals surface area contributed by atoms with Crippen molar-refractivity contribution in [1.82, 2.24) is 10.2 Å². The van der Waals surface area contributed by atoms with Crippen molar-refractivity contribution in [3.63, 3.8) is 0 Å². The summed E-state index contributed by atoms with van der Waals surface area (Å²) in [6.45, 7) is 3.79. The monoisotopic (exact) mass is 312 g/mol. The van der Waals surface area contributed by atoms with Crippen molar-refractivity contribution in [2.24, 2.45) is 0 Å². The van der Waals surface area contributed by atoms with Gasteiger partial charge in [0.2, 0.25) is 5.91 Å². The van der Waals surface area contributed by atoms with Crippen LogP contribution in [0, 0.1) is 5.82 Å². The molecule has 0 radical (unpaired) electrons. The van der Waals surface area contributed by atoms with Gasteiger partial charge in [-0.1, -0.05) is 24.1 Å². The first-order chi connectivity index (χ1) is 10.1. The van der Waals surface area contributed by atoms with E-state index in [0.717, 1.165) is 25.8 Å². The Morgan fingerprint density at radius 3 is 3.00 bits per heavy atom. The lowest BCUT2D eigenvalue weighted by molar-refractivity contribution is -0.119. The molecule has 1 saturated heterocycles. The van der Waals surface area contributed by atoms with Crippen LogP contribution in [0.2, 0.25) is 5.02 Å². The average molecular weight is 313 g/mol. The first kappa shape index (κ1) is 16.2. The number of carbonyl (C=O) groups excluding carboxylic acids is 1. The predicted molar refractivity (Wildman–Crippen MR) is 82.8 cm³/mol. The molecular weight excluding hydrogens is 291 g/mol. The summed E-state index contributed by atoms with van der Waals surface area (Å²) >= 11 is 5.79. The number of halogens is 2. The summed E-state index contributed by atoms with van der Waals surface area (Å²) in [6, 6.07) is 5.27. The highest BCUT2D eigenvalue weighted by Crippen LogP contribution is 2.23. The van der Waals surface area contributed by atoms with Gasteiger partial charge in [0.25, 0.3) is 0 Å². The molecule has 1 atom stereocenters. The highest BCUT2D eigenvalue weighted by molar-refractivity contribution is 6.30. The Hall–Kier alpha value is -1.13. The van der Waals surface area contributed by atoms with Crippen molar-refractivity contribution in [3.05, 3.63) is 34.6 Å². The third-order valence-electron chi connectivity index (χ3n) is 3.99. The Balaban J connectivity index is 1.96. The number of amides is 1. The van der Waals surface area contributed by atoms with Crippen molar-refractivity contribution >= 4 is 17.5 Å². The summed E-state index contributed by atoms with van der Waals surface area (Å²) in [4.78, 5) is 13.3. The topological polar surface area (TPSA) is 32.3 Å². The zero-order chi connectivity index (χ0) is 15.2. The Labute approximate surface area is 130 Å². The summed E-state index contributed by atoms with van der Waals surface area (Å²) in [5.74, 6) is -0.241. The molecule has 1 aliphatic heterocycles. The fourth-order valence-electron chi connectivity index (χ4n) is 2.88. The van der Waals surface area contributed by atoms with Crippen LogP contribution in [0.15, 0.2) is 18.2 Å². The van der Waals surface area contributed by atoms with E-state index in [2.05, 4.69) is 10.2 Å². The minimum Gasteiger partial charge on any atom is -0.356 e. The predicted octanol–water partition coefficient (Wildman–Crippen LogP) is 3.36. The lowest BCUT2D eigenvalue weighted by Crippen LogP contribution is -2.41. The molecule has 1 aromatic carbocycles. The number of rotatable bonds is 5. The van der Waals surface area contributed by atoms with E-state index in [9.17, 15) is 9.18 Å². The number of hydrogen-bond acceptors (Lipinski definition) is 2. The standard InChI is InChI=1S/C16H22ClFN2O/c1-12(21)19-8-7-15-4-2-3-9-20(15)11-13-5-6-14(17)10-16(13)18/h5-6,10,15H,2-4,7-9,11H2,1H3,(H,19,21). The van der Waals surface area contributed by atoms with Gasteiger partial charge in [-0.05, 0) is 37.9 Å². The minimum atomic E-state index is -0.242. The molecule has 1 amide bonds. The molecule has 21 heavy (non-hydrogen) atoms. The summed E-state index contributed by atoms with van der Waals surface area (Å²) in [7, 11) is 0. The molecule has 1 heterocycles. The van der Waals surface area contributed by atoms with E-state index >= 15 is 0 Å². The Kier molecular flexibility index (Phi) is 6.00. The molecule has 0 aliphatic carbocycles. The number of likely N-dealkylation sites (tertiary alicyclic amines) is 1. The summed E-state index contributed by atoms with van der Waals surface area (Å²) in [6.07, 6.45) is 4.36. The average Bonchev–Trinajstić information content (AvgIpc) is 2.43. The van der Waals surface area contributed by atoms with Crippen molar-refractivity contribution < 1.29 is 9.18 Å². The summed E-state index contributed by atoms with van der Waals surface area (Å²) in [5, 5.41) is 3.27. The maximum Gasteiger partial charge on any atom is 0.216 e. The SMILES string of the molecule is CC(=O)NCCC1CCCCN1Cc1ccc(Cl)cc1F. The van der Waals surface area contributed by atoms with Crippen molar-refractivity contribution in [3.8, 4) is 0 Å². The van der Waals surface area contributed by atoms with Crippen LogP contribution in [0.1, 0.15) is 38.2 Å². The molecule has 116 valence electrons. The molecule has 3 nitrogen and oxygen atoms in total. The molecule has 0 saturated carbocycles. The first-order valence-corrected chi connectivity index (χ1v) is 7.86. The Morgan fingerprint density at radius 2 is 2.29 bits per heavy atom. The third kappa shape index (κ3) is 4.97. The zero-order valence-corrected chi connectivity index (χ0v) is 13.1. The number of piperidine rings is 1. The number of hydrogen-bond donors (Lipinski definition) is 1. The van der Waals surface area contributed by atoms with Gasteiger partial charge in [0.05, 0.1) is 0 Å². The smallest absolute Gasteiger partial charge is 0.216 e. The first-order valence-electron chi connectivity index (χ1n) is 7.48. The third-order valence-corrected chi connectivity index (χ3v) is 4.22. The fraction of sp³-hybridized carbons (Fsp3) is 0.562. The molecule has 0 bridgehead atoms. The van der Waals surface area contributed by atoms with Crippen LogP contribution in [0.3, 0.4) is 0 Å². The van der Waals surface area contributed by atoms with Crippen molar-refractivity contribution in [2.75, 3.05) is 13.1 Å². The van der Waals surface area contributed by atoms with E-state index in [1.807, 2.05) is 0 Å². The van der Waals surface area contributed by atoms with Crippen LogP contribution in [0.5, 0.6) is 0 Å². The van der Waals surface area contributed by atoms with Gasteiger partial charge in [0.1, 0.15) is 5.82 Å². The second-order valence-electron chi connectivity index (χ2n) is 5.63. The maximum atomic E-state index is 13.9. The van der Waals surface area contributed by atoms with Gasteiger partial charge >= 0.3 is 0 Å². The highest BCUT2D eigenvalue weighted by Gasteiger charge is 2.23. The van der Waals surface area contributed by atoms with Crippen molar-refractivity contribution in [1.29, 1.82) is 0 Å². The number of benzene rings is 1. The van der Waals surface area contributed by atoms with Gasteiger partial charge in [0, 0.05) is 36.6 Å². The van der Waals surface area contributed by atoms with Crippen molar-refractivity contribution in [2.45, 2.75) is 45.2 Å². The molecule has 2 rings (SSSR count). The van der Waals surface area contributed by atoms with Crippen LogP contribution < -0.4 is 5.32 Å². The lowest BCUT2D eigenvalue weighted by atomic mass is 9.98. The van der Waals surface area contributed by atoms with E-state index in [1.165, 1.54) is 19.4 Å². The van der Waals surface area contributed by atoms with Crippen LogP contribution in [-0.2, 0) is 11.3 Å². The van der Waals surface area contributed by atoms with E-state index < -0.39 is 0 Å². The highest BCUT2D eigenvalue weighted by atomic mass is 35.5. The van der Waals surface area contributed by atoms with Gasteiger partial charge in [0.15, 0.2) is 0 Å². The van der Waals surface area contributed by atoms with Crippen LogP contribution in [0.25, 0.3) is 0 Å². The zero-order valence-electron chi connectivity index (χ0n) is 12.4. The summed E-state index contributed by atoms with van der Waals surface area (Å²) < 4.78 is 13.9. The Morgan fingerprint density at radius 1 is 1.48 bits per heavy atom. The normalized spacial score (nSPS) is 19.5. The van der Waals surface area contributed by atoms with Gasteiger partial charge in [-0.25, -0.2) is 4.39 Å². The molecule has 0 spiro atoms. The van der Waals surface area contributed by atoms with Gasteiger partial charge in [-0.15, -0.1) is 0 Å². The molecule has 1 aliphatic rings. The molecular formula is C16H22ClFN2O. The molecule has 1 unspecified atom stereocenters. The second kappa shape index (κ2) is 7.76. The summed E-state index contributed by atoms with van der Waals surface area (Å²) in [5.41, 5.74) is 0.686. The number of carbonyl (C=O) groups is 1. The largest absolute Gasteiger partial charge is 0.356 e. The van der Waals surface area contributed by atoms with E-state index in [4.69, 9.17) is 11.6 Å². The van der Waals surface area contributed by atoms with Gasteiger partial charge in [-0.2, -0.15) is 0 Å². The Bertz CT molecular complexity index is 495. The number of nitrogens with zero attached hydrogens (tertiary/aromatic N) is 1. The van der Waals surface area contributed by atoms with E-state index in [1.54, 1.807) is 12.1 Å². The van der Waals surface area contributed by atoms with Gasteiger partial charge < -0.3 is 5.32 Å². The number of nitrogens with one attached hydrogen (secondary N) is 1. The van der Waals surface area contributed by atoms with E-state index in [0.29, 0.717) is 29.7 Å². The molecule has 5 heteroatoms. The maximum absolute atomic E-state index is 13.9. The van der Waals surface area contributed by atoms with E-state index in [-0.39, 0.29) is 11.7 Å². The fourth-order valence-corrected chi connectivity index (χ4v) is 3.04. The molecule has 0 aromatic heterocycles. The van der Waals surface area contributed by atoms with Crippen LogP contribution in [0.4, 0.5) is 4.39 Å². The molecule has 1 N–H and O–H groups in total.